The van der Waals surface area contributed by atoms with Crippen LogP contribution < -0.4 is 10.6 Å². The fourth-order valence-corrected chi connectivity index (χ4v) is 1.75. The van der Waals surface area contributed by atoms with Gasteiger partial charge in [-0.1, -0.05) is 13.8 Å². The summed E-state index contributed by atoms with van der Waals surface area (Å²) in [5.74, 6) is 0.523. The highest BCUT2D eigenvalue weighted by Gasteiger charge is 2.14. The zero-order valence-corrected chi connectivity index (χ0v) is 14.0. The average Bonchev–Trinajstić information content (AvgIpc) is 2.47. The predicted molar refractivity (Wildman–Crippen MR) is 85.3 cm³/mol. The second-order valence-corrected chi connectivity index (χ2v) is 4.99. The predicted octanol–water partition coefficient (Wildman–Crippen LogP) is 3.00. The van der Waals surface area contributed by atoms with Crippen molar-refractivity contribution in [1.82, 2.24) is 9.97 Å². The van der Waals surface area contributed by atoms with Crippen molar-refractivity contribution in [2.75, 3.05) is 23.8 Å². The van der Waals surface area contributed by atoms with Crippen molar-refractivity contribution in [1.29, 1.82) is 0 Å². The van der Waals surface area contributed by atoms with Crippen LogP contribution in [0.1, 0.15) is 26.7 Å². The van der Waals surface area contributed by atoms with E-state index < -0.39 is 12.2 Å². The summed E-state index contributed by atoms with van der Waals surface area (Å²) in [6.07, 6.45) is 1.47. The van der Waals surface area contributed by atoms with Gasteiger partial charge in [0, 0.05) is 0 Å². The highest BCUT2D eigenvalue weighted by atomic mass is 127. The molecule has 0 aliphatic carbocycles. The first-order valence-corrected chi connectivity index (χ1v) is 7.54. The Kier molecular flexibility index (Phi) is 7.72. The molecule has 8 nitrogen and oxygen atoms in total. The summed E-state index contributed by atoms with van der Waals surface area (Å²) < 4.78 is 10.3. The van der Waals surface area contributed by atoms with E-state index in [2.05, 4.69) is 20.6 Å². The van der Waals surface area contributed by atoms with Crippen LogP contribution in [0.2, 0.25) is 0 Å². The summed E-state index contributed by atoms with van der Waals surface area (Å²) in [5.41, 5.74) is 0. The second-order valence-electron chi connectivity index (χ2n) is 3.91. The molecule has 0 radical (unpaired) electrons. The second kappa shape index (κ2) is 9.32. The van der Waals surface area contributed by atoms with Crippen molar-refractivity contribution in [3.63, 3.8) is 0 Å². The zero-order valence-electron chi connectivity index (χ0n) is 11.8. The van der Waals surface area contributed by atoms with E-state index in [1.807, 2.05) is 36.4 Å². The Labute approximate surface area is 136 Å². The lowest BCUT2D eigenvalue weighted by Crippen LogP contribution is -2.19. The van der Waals surface area contributed by atoms with Crippen LogP contribution in [-0.4, -0.2) is 35.4 Å². The number of carbonyl (C=O) groups excluding carboxylic acids is 2. The first-order valence-electron chi connectivity index (χ1n) is 6.46. The third-order valence-corrected chi connectivity index (χ3v) is 3.13. The van der Waals surface area contributed by atoms with Gasteiger partial charge in [-0.25, -0.2) is 19.6 Å². The number of hydrogen-bond acceptors (Lipinski definition) is 6. The Bertz CT molecular complexity index is 458. The Morgan fingerprint density at radius 2 is 1.48 bits per heavy atom. The molecule has 0 aliphatic rings. The summed E-state index contributed by atoms with van der Waals surface area (Å²) >= 11 is 1.92. The van der Waals surface area contributed by atoms with Crippen LogP contribution >= 0.6 is 22.6 Å². The topological polar surface area (TPSA) is 102 Å². The smallest absolute Gasteiger partial charge is 0.412 e. The third-order valence-electron chi connectivity index (χ3n) is 2.10. The molecule has 21 heavy (non-hydrogen) atoms. The fraction of sp³-hybridized carbons (Fsp3) is 0.500. The fourth-order valence-electron chi connectivity index (χ4n) is 1.20. The maximum absolute atomic E-state index is 11.5. The molecule has 0 aliphatic heterocycles. The van der Waals surface area contributed by atoms with Crippen LogP contribution in [0.5, 0.6) is 0 Å². The number of ether oxygens (including phenoxy) is 2. The normalized spacial score (nSPS) is 9.86. The molecular formula is C12H17IN4O4. The quantitative estimate of drug-likeness (QED) is 0.702. The molecule has 1 rings (SSSR count). The van der Waals surface area contributed by atoms with E-state index in [0.29, 0.717) is 16.8 Å². The SMILES string of the molecule is CCCOC(=O)Nc1ncnc(NC(=O)OCCC)c1I. The molecule has 0 atom stereocenters. The van der Waals surface area contributed by atoms with Gasteiger partial charge in [-0.05, 0) is 35.4 Å². The van der Waals surface area contributed by atoms with Crippen LogP contribution in [0.15, 0.2) is 6.33 Å². The molecule has 0 saturated heterocycles. The van der Waals surface area contributed by atoms with Gasteiger partial charge >= 0.3 is 12.2 Å². The molecule has 9 heteroatoms. The maximum atomic E-state index is 11.5. The summed E-state index contributed by atoms with van der Waals surface area (Å²) in [7, 11) is 0. The molecule has 0 saturated carbocycles. The lowest BCUT2D eigenvalue weighted by molar-refractivity contribution is 0.161. The van der Waals surface area contributed by atoms with E-state index in [9.17, 15) is 9.59 Å². The number of nitrogens with zero attached hydrogens (tertiary/aromatic N) is 2. The Morgan fingerprint density at radius 3 is 1.86 bits per heavy atom. The summed E-state index contributed by atoms with van der Waals surface area (Å²) in [6, 6.07) is 0. The number of carbonyl (C=O) groups is 2. The molecule has 0 unspecified atom stereocenters. The molecule has 0 aromatic carbocycles. The Hall–Kier alpha value is -1.65. The number of aromatic nitrogens is 2. The van der Waals surface area contributed by atoms with Gasteiger partial charge in [0.05, 0.1) is 16.8 Å². The zero-order chi connectivity index (χ0) is 15.7. The van der Waals surface area contributed by atoms with Crippen LogP contribution in [0.25, 0.3) is 0 Å². The molecule has 1 aromatic heterocycles. The molecule has 116 valence electrons. The minimum atomic E-state index is -0.604. The summed E-state index contributed by atoms with van der Waals surface area (Å²) in [5, 5.41) is 4.98. The maximum Gasteiger partial charge on any atom is 0.412 e. The Balaban J connectivity index is 2.69. The van der Waals surface area contributed by atoms with Crippen molar-refractivity contribution in [3.05, 3.63) is 9.90 Å². The van der Waals surface area contributed by atoms with Gasteiger partial charge in [0.1, 0.15) is 6.33 Å². The summed E-state index contributed by atoms with van der Waals surface area (Å²) in [4.78, 5) is 30.8. The monoisotopic (exact) mass is 408 g/mol. The van der Waals surface area contributed by atoms with Gasteiger partial charge in [-0.15, -0.1) is 0 Å². The number of nitrogens with one attached hydrogen (secondary N) is 2. The minimum Gasteiger partial charge on any atom is -0.449 e. The van der Waals surface area contributed by atoms with E-state index in [4.69, 9.17) is 9.47 Å². The van der Waals surface area contributed by atoms with Gasteiger partial charge in [-0.3, -0.25) is 10.6 Å². The number of hydrogen-bond donors (Lipinski definition) is 2. The van der Waals surface area contributed by atoms with E-state index in [0.717, 1.165) is 12.8 Å². The average molecular weight is 408 g/mol. The molecule has 2 amide bonds. The third kappa shape index (κ3) is 6.10. The van der Waals surface area contributed by atoms with E-state index >= 15 is 0 Å². The van der Waals surface area contributed by atoms with Gasteiger partial charge < -0.3 is 9.47 Å². The van der Waals surface area contributed by atoms with Gasteiger partial charge in [0.25, 0.3) is 0 Å². The molecular weight excluding hydrogens is 391 g/mol. The van der Waals surface area contributed by atoms with Crippen LogP contribution in [0.3, 0.4) is 0 Å². The molecule has 1 aromatic rings. The van der Waals surface area contributed by atoms with Crippen molar-refractivity contribution < 1.29 is 19.1 Å². The Morgan fingerprint density at radius 1 is 1.05 bits per heavy atom. The molecule has 1 heterocycles. The molecule has 0 fully saturated rings. The van der Waals surface area contributed by atoms with Crippen molar-refractivity contribution in [2.45, 2.75) is 26.7 Å². The number of rotatable bonds is 6. The minimum absolute atomic E-state index is 0.262. The molecule has 0 spiro atoms. The van der Waals surface area contributed by atoms with Crippen molar-refractivity contribution >= 4 is 46.4 Å². The largest absolute Gasteiger partial charge is 0.449 e. The first-order chi connectivity index (χ1) is 10.1. The lowest BCUT2D eigenvalue weighted by Gasteiger charge is -2.10. The van der Waals surface area contributed by atoms with Crippen molar-refractivity contribution in [2.24, 2.45) is 0 Å². The standard InChI is InChI=1S/C12H17IN4O4/c1-3-5-20-11(18)16-9-8(13)10(15-7-14-9)17-12(19)21-6-4-2/h7H,3-6H2,1-2H3,(H2,14,15,16,17,18,19). The highest BCUT2D eigenvalue weighted by molar-refractivity contribution is 14.1. The number of halogens is 1. The van der Waals surface area contributed by atoms with Crippen molar-refractivity contribution in [3.8, 4) is 0 Å². The van der Waals surface area contributed by atoms with Gasteiger partial charge in [0.15, 0.2) is 11.6 Å². The van der Waals surface area contributed by atoms with E-state index in [-0.39, 0.29) is 11.6 Å². The highest BCUT2D eigenvalue weighted by Crippen LogP contribution is 2.22. The van der Waals surface area contributed by atoms with Crippen LogP contribution in [-0.2, 0) is 9.47 Å². The lowest BCUT2D eigenvalue weighted by atomic mass is 10.5. The van der Waals surface area contributed by atoms with E-state index in [1.54, 1.807) is 0 Å². The van der Waals surface area contributed by atoms with E-state index in [1.165, 1.54) is 6.33 Å². The van der Waals surface area contributed by atoms with Gasteiger partial charge in [-0.2, -0.15) is 0 Å². The summed E-state index contributed by atoms with van der Waals surface area (Å²) in [6.45, 7) is 4.43. The number of anilines is 2. The first kappa shape index (κ1) is 17.4. The molecule has 2 N–H and O–H groups in total. The van der Waals surface area contributed by atoms with Crippen LogP contribution in [0, 0.1) is 3.57 Å². The number of amides is 2. The van der Waals surface area contributed by atoms with Crippen LogP contribution in [0.4, 0.5) is 21.2 Å². The van der Waals surface area contributed by atoms with Gasteiger partial charge in [0.2, 0.25) is 0 Å². The molecule has 0 bridgehead atoms.